The van der Waals surface area contributed by atoms with Gasteiger partial charge in [-0.25, -0.2) is 13.4 Å². The van der Waals surface area contributed by atoms with Crippen LogP contribution in [0, 0.1) is 5.13 Å². The molecular formula is C21H24FN3O6S2. The lowest BCUT2D eigenvalue weighted by molar-refractivity contribution is -0.110. The van der Waals surface area contributed by atoms with Crippen LogP contribution >= 0.6 is 11.3 Å². The number of hydrogen-bond donors (Lipinski definition) is 1. The van der Waals surface area contributed by atoms with Crippen LogP contribution in [0.15, 0.2) is 40.5 Å². The number of methoxy groups -OCH3 is 1. The van der Waals surface area contributed by atoms with Crippen LogP contribution in [0.25, 0.3) is 0 Å². The second-order valence-corrected chi connectivity index (χ2v) is 11.0. The molecule has 12 heteroatoms. The minimum atomic E-state index is -3.54. The standard InChI is InChI=1S/C21H24FN3O6S2/c1-29-14-4-5-15(10-14)31-25-19(20(26)24-21-23-11-18(22)32-21)13-2-6-16(7-3-13)33(27,28)17-8-9-30-12-17/h2-3,6-7,11,14-15,17H,4-5,8-10,12H2,1H3,(H,23,24,26)/b25-19+/t14-,15-,17+/m1/s1. The van der Waals surface area contributed by atoms with Crippen molar-refractivity contribution in [1.82, 2.24) is 4.98 Å². The second kappa shape index (κ2) is 10.2. The zero-order chi connectivity index (χ0) is 23.4. The van der Waals surface area contributed by atoms with Gasteiger partial charge in [0.1, 0.15) is 6.10 Å². The number of oxime groups is 1. The van der Waals surface area contributed by atoms with Crippen LogP contribution in [0.5, 0.6) is 0 Å². The summed E-state index contributed by atoms with van der Waals surface area (Å²) < 4.78 is 49.4. The van der Waals surface area contributed by atoms with Gasteiger partial charge in [-0.3, -0.25) is 10.1 Å². The number of aromatic nitrogens is 1. The van der Waals surface area contributed by atoms with Crippen LogP contribution in [0.3, 0.4) is 0 Å². The van der Waals surface area contributed by atoms with Crippen molar-refractivity contribution < 1.29 is 31.9 Å². The van der Waals surface area contributed by atoms with E-state index in [2.05, 4.69) is 15.5 Å². The monoisotopic (exact) mass is 497 g/mol. The number of nitrogens with zero attached hydrogens (tertiary/aromatic N) is 2. The molecule has 1 aliphatic heterocycles. The van der Waals surface area contributed by atoms with Gasteiger partial charge in [0.15, 0.2) is 25.8 Å². The first-order valence-corrected chi connectivity index (χ1v) is 12.8. The lowest BCUT2D eigenvalue weighted by Crippen LogP contribution is -2.25. The number of carbonyl (C=O) groups excluding carboxylic acids is 1. The van der Waals surface area contributed by atoms with Crippen molar-refractivity contribution in [2.45, 2.75) is 48.0 Å². The molecule has 0 spiro atoms. The minimum absolute atomic E-state index is 0.0698. The molecule has 1 aromatic carbocycles. The molecule has 3 atom stereocenters. The summed E-state index contributed by atoms with van der Waals surface area (Å²) in [6.07, 6.45) is 3.52. The fourth-order valence-electron chi connectivity index (χ4n) is 3.78. The Morgan fingerprint density at radius 1 is 1.24 bits per heavy atom. The van der Waals surface area contributed by atoms with Gasteiger partial charge in [-0.15, -0.1) is 0 Å². The fraction of sp³-hybridized carbons (Fsp3) is 0.476. The Balaban J connectivity index is 1.56. The Morgan fingerprint density at radius 3 is 2.61 bits per heavy atom. The van der Waals surface area contributed by atoms with Gasteiger partial charge in [0.2, 0.25) is 0 Å². The molecule has 2 fully saturated rings. The minimum Gasteiger partial charge on any atom is -0.392 e. The first kappa shape index (κ1) is 23.7. The van der Waals surface area contributed by atoms with E-state index in [-0.39, 0.29) is 34.6 Å². The number of amides is 1. The Morgan fingerprint density at radius 2 is 2.00 bits per heavy atom. The first-order chi connectivity index (χ1) is 15.9. The summed E-state index contributed by atoms with van der Waals surface area (Å²) >= 11 is 0.682. The molecule has 2 aliphatic rings. The molecule has 2 aromatic rings. The maximum absolute atomic E-state index is 13.3. The van der Waals surface area contributed by atoms with Gasteiger partial charge in [-0.2, -0.15) is 4.39 Å². The quantitative estimate of drug-likeness (QED) is 0.440. The van der Waals surface area contributed by atoms with Crippen LogP contribution in [0.4, 0.5) is 9.52 Å². The SMILES string of the molecule is CO[C@@H]1CC[C@@H](O/N=C(/C(=O)Nc2ncc(F)s2)c2ccc(S(=O)(=O)[C@H]3CCOC3)cc2)C1. The number of ether oxygens (including phenoxy) is 2. The summed E-state index contributed by atoms with van der Waals surface area (Å²) in [5.41, 5.74) is 0.284. The van der Waals surface area contributed by atoms with Crippen LogP contribution in [0.2, 0.25) is 0 Å². The number of thiazole rings is 1. The maximum atomic E-state index is 13.3. The van der Waals surface area contributed by atoms with E-state index < -0.39 is 26.1 Å². The van der Waals surface area contributed by atoms with E-state index in [1.165, 1.54) is 24.3 Å². The Labute approximate surface area is 194 Å². The molecule has 1 N–H and O–H groups in total. The maximum Gasteiger partial charge on any atom is 0.280 e. The average molecular weight is 498 g/mol. The van der Waals surface area contributed by atoms with Crippen molar-refractivity contribution in [1.29, 1.82) is 0 Å². The summed E-state index contributed by atoms with van der Waals surface area (Å²) in [4.78, 5) is 22.4. The molecule has 178 valence electrons. The number of benzene rings is 1. The van der Waals surface area contributed by atoms with Crippen LogP contribution < -0.4 is 5.32 Å². The largest absolute Gasteiger partial charge is 0.392 e. The molecular weight excluding hydrogens is 473 g/mol. The molecule has 1 saturated carbocycles. The Kier molecular flexibility index (Phi) is 7.37. The summed E-state index contributed by atoms with van der Waals surface area (Å²) in [5, 5.41) is 5.54. The third-order valence-electron chi connectivity index (χ3n) is 5.66. The highest BCUT2D eigenvalue weighted by Crippen LogP contribution is 2.26. The van der Waals surface area contributed by atoms with Crippen molar-refractivity contribution in [3.8, 4) is 0 Å². The zero-order valence-electron chi connectivity index (χ0n) is 17.9. The number of carbonyl (C=O) groups is 1. The van der Waals surface area contributed by atoms with Crippen molar-refractivity contribution in [2.75, 3.05) is 25.6 Å². The van der Waals surface area contributed by atoms with Gasteiger partial charge in [-0.1, -0.05) is 28.6 Å². The molecule has 1 saturated heterocycles. The van der Waals surface area contributed by atoms with Crippen LogP contribution in [-0.4, -0.2) is 62.8 Å². The number of hydrogen-bond acceptors (Lipinski definition) is 9. The van der Waals surface area contributed by atoms with E-state index in [0.29, 0.717) is 36.3 Å². The molecule has 0 unspecified atom stereocenters. The normalized spacial score (nSPS) is 23.6. The van der Waals surface area contributed by atoms with E-state index in [4.69, 9.17) is 14.3 Å². The average Bonchev–Trinajstić information content (AvgIpc) is 3.57. The van der Waals surface area contributed by atoms with Gasteiger partial charge < -0.3 is 14.3 Å². The fourth-order valence-corrected chi connectivity index (χ4v) is 5.91. The molecule has 2 heterocycles. The number of anilines is 1. The van der Waals surface area contributed by atoms with Gasteiger partial charge in [-0.05, 0) is 31.4 Å². The van der Waals surface area contributed by atoms with Gasteiger partial charge >= 0.3 is 0 Å². The third-order valence-corrected chi connectivity index (χ3v) is 8.54. The summed E-state index contributed by atoms with van der Waals surface area (Å²) in [7, 11) is -1.91. The van der Waals surface area contributed by atoms with E-state index in [9.17, 15) is 17.6 Å². The zero-order valence-corrected chi connectivity index (χ0v) is 19.5. The molecule has 33 heavy (non-hydrogen) atoms. The van der Waals surface area contributed by atoms with E-state index in [1.807, 2.05) is 0 Å². The summed E-state index contributed by atoms with van der Waals surface area (Å²) in [6.45, 7) is 0.583. The molecule has 9 nitrogen and oxygen atoms in total. The Hall–Kier alpha value is -2.41. The molecule has 0 bridgehead atoms. The summed E-state index contributed by atoms with van der Waals surface area (Å²) in [6, 6.07) is 5.87. The van der Waals surface area contributed by atoms with Gasteiger partial charge in [0.25, 0.3) is 5.91 Å². The van der Waals surface area contributed by atoms with Crippen molar-refractivity contribution in [3.05, 3.63) is 41.2 Å². The lowest BCUT2D eigenvalue weighted by Gasteiger charge is -2.13. The topological polar surface area (TPSA) is 116 Å². The first-order valence-electron chi connectivity index (χ1n) is 10.5. The third kappa shape index (κ3) is 5.57. The Bertz CT molecular complexity index is 1110. The number of sulfone groups is 1. The number of nitrogens with one attached hydrogen (secondary N) is 1. The van der Waals surface area contributed by atoms with Gasteiger partial charge in [0.05, 0.1) is 29.1 Å². The highest BCUT2D eigenvalue weighted by molar-refractivity contribution is 7.92. The van der Waals surface area contributed by atoms with Crippen molar-refractivity contribution >= 4 is 37.9 Å². The highest BCUT2D eigenvalue weighted by Gasteiger charge is 2.31. The second-order valence-electron chi connectivity index (χ2n) is 7.82. The molecule has 4 rings (SSSR count). The van der Waals surface area contributed by atoms with Gasteiger partial charge in [0, 0.05) is 25.7 Å². The van der Waals surface area contributed by atoms with Crippen molar-refractivity contribution in [2.24, 2.45) is 5.16 Å². The lowest BCUT2D eigenvalue weighted by atomic mass is 10.1. The van der Waals surface area contributed by atoms with Crippen LogP contribution in [-0.2, 0) is 28.9 Å². The summed E-state index contributed by atoms with van der Waals surface area (Å²) in [5.74, 6) is -0.648. The predicted octanol–water partition coefficient (Wildman–Crippen LogP) is 2.77. The smallest absolute Gasteiger partial charge is 0.280 e. The molecule has 1 aliphatic carbocycles. The number of rotatable bonds is 8. The van der Waals surface area contributed by atoms with Crippen molar-refractivity contribution in [3.63, 3.8) is 0 Å². The van der Waals surface area contributed by atoms with E-state index >= 15 is 0 Å². The molecule has 1 aromatic heterocycles. The van der Waals surface area contributed by atoms with Crippen LogP contribution in [0.1, 0.15) is 31.2 Å². The molecule has 1 amide bonds. The van der Waals surface area contributed by atoms with E-state index in [0.717, 1.165) is 19.0 Å². The molecule has 0 radical (unpaired) electrons. The number of halogens is 1. The predicted molar refractivity (Wildman–Crippen MR) is 120 cm³/mol. The van der Waals surface area contributed by atoms with E-state index in [1.54, 1.807) is 7.11 Å². The highest BCUT2D eigenvalue weighted by atomic mass is 32.2.